The lowest BCUT2D eigenvalue weighted by Gasteiger charge is -2.33. The van der Waals surface area contributed by atoms with Crippen molar-refractivity contribution in [2.75, 3.05) is 39.5 Å². The standard InChI is InChI=1S/C18H20N2O6S2/c1-2-25-14-9-12(3-4-13(14)26-11-16(21)22)10-15-17(23)20(18(27)28-15)19-5-7-24-8-6-19/h3-4,9-10H,2,5-8,11H2,1H3,(H,21,22)/b15-10+. The predicted molar refractivity (Wildman–Crippen MR) is 108 cm³/mol. The summed E-state index contributed by atoms with van der Waals surface area (Å²) < 4.78 is 16.6. The first kappa shape index (κ1) is 20.6. The van der Waals surface area contributed by atoms with Gasteiger partial charge in [-0.3, -0.25) is 4.79 Å². The van der Waals surface area contributed by atoms with Crippen LogP contribution in [0.25, 0.3) is 6.08 Å². The summed E-state index contributed by atoms with van der Waals surface area (Å²) in [5.74, 6) is -0.484. The molecule has 1 aromatic rings. The van der Waals surface area contributed by atoms with Crippen molar-refractivity contribution in [3.8, 4) is 11.5 Å². The van der Waals surface area contributed by atoms with Gasteiger partial charge in [-0.2, -0.15) is 0 Å². The summed E-state index contributed by atoms with van der Waals surface area (Å²) >= 11 is 6.63. The number of carbonyl (C=O) groups excluding carboxylic acids is 1. The number of nitrogens with zero attached hydrogens (tertiary/aromatic N) is 2. The molecule has 0 atom stereocenters. The monoisotopic (exact) mass is 424 g/mol. The van der Waals surface area contributed by atoms with E-state index in [0.717, 1.165) is 5.56 Å². The summed E-state index contributed by atoms with van der Waals surface area (Å²) in [7, 11) is 0. The van der Waals surface area contributed by atoms with Crippen LogP contribution in [0.4, 0.5) is 0 Å². The Morgan fingerprint density at radius 3 is 2.75 bits per heavy atom. The van der Waals surface area contributed by atoms with Crippen molar-refractivity contribution in [2.45, 2.75) is 6.92 Å². The van der Waals surface area contributed by atoms with E-state index in [2.05, 4.69) is 0 Å². The highest BCUT2D eigenvalue weighted by molar-refractivity contribution is 8.26. The van der Waals surface area contributed by atoms with Crippen molar-refractivity contribution in [3.05, 3.63) is 28.7 Å². The fourth-order valence-corrected chi connectivity index (χ4v) is 4.06. The van der Waals surface area contributed by atoms with Gasteiger partial charge in [-0.1, -0.05) is 30.0 Å². The molecule has 2 saturated heterocycles. The average Bonchev–Trinajstić information content (AvgIpc) is 2.95. The number of carboxylic acids is 1. The maximum Gasteiger partial charge on any atom is 0.341 e. The molecule has 0 bridgehead atoms. The van der Waals surface area contributed by atoms with E-state index in [1.54, 1.807) is 24.3 Å². The second-order valence-electron chi connectivity index (χ2n) is 5.88. The van der Waals surface area contributed by atoms with Gasteiger partial charge in [-0.25, -0.2) is 14.8 Å². The maximum atomic E-state index is 12.8. The van der Waals surface area contributed by atoms with Crippen LogP contribution >= 0.6 is 24.0 Å². The molecular weight excluding hydrogens is 404 g/mol. The van der Waals surface area contributed by atoms with E-state index >= 15 is 0 Å². The van der Waals surface area contributed by atoms with Gasteiger partial charge in [0.25, 0.3) is 5.91 Å². The van der Waals surface area contributed by atoms with Gasteiger partial charge in [0.15, 0.2) is 22.4 Å². The van der Waals surface area contributed by atoms with E-state index in [9.17, 15) is 9.59 Å². The Morgan fingerprint density at radius 1 is 1.32 bits per heavy atom. The van der Waals surface area contributed by atoms with Gasteiger partial charge in [-0.15, -0.1) is 0 Å². The van der Waals surface area contributed by atoms with Crippen molar-refractivity contribution in [1.29, 1.82) is 0 Å². The third kappa shape index (κ3) is 4.82. The molecule has 0 saturated carbocycles. The minimum atomic E-state index is -1.07. The molecule has 0 aromatic heterocycles. The van der Waals surface area contributed by atoms with Gasteiger partial charge in [0.1, 0.15) is 0 Å². The second kappa shape index (κ2) is 9.37. The second-order valence-corrected chi connectivity index (χ2v) is 7.56. The Morgan fingerprint density at radius 2 is 2.07 bits per heavy atom. The molecule has 2 heterocycles. The number of carboxylic acid groups (broad SMARTS) is 1. The molecule has 0 aliphatic carbocycles. The number of rotatable bonds is 7. The Kier molecular flexibility index (Phi) is 6.89. The zero-order valence-corrected chi connectivity index (χ0v) is 16.9. The number of morpholine rings is 1. The number of thiocarbonyl (C=S) groups is 1. The van der Waals surface area contributed by atoms with Crippen LogP contribution < -0.4 is 9.47 Å². The third-order valence-corrected chi connectivity index (χ3v) is 5.24. The molecular formula is C18H20N2O6S2. The van der Waals surface area contributed by atoms with Crippen LogP contribution in [-0.4, -0.2) is 70.8 Å². The van der Waals surface area contributed by atoms with Gasteiger partial charge in [0.05, 0.1) is 24.7 Å². The molecule has 1 N–H and O–H groups in total. The number of ether oxygens (including phenoxy) is 3. The van der Waals surface area contributed by atoms with Crippen molar-refractivity contribution < 1.29 is 28.9 Å². The van der Waals surface area contributed by atoms with Gasteiger partial charge in [-0.05, 0) is 30.7 Å². The first-order valence-electron chi connectivity index (χ1n) is 8.71. The zero-order chi connectivity index (χ0) is 20.1. The summed E-state index contributed by atoms with van der Waals surface area (Å²) in [5.41, 5.74) is 0.730. The highest BCUT2D eigenvalue weighted by Crippen LogP contribution is 2.35. The van der Waals surface area contributed by atoms with Gasteiger partial charge >= 0.3 is 5.97 Å². The summed E-state index contributed by atoms with van der Waals surface area (Å²) in [4.78, 5) is 24.1. The summed E-state index contributed by atoms with van der Waals surface area (Å²) in [5, 5.41) is 12.2. The van der Waals surface area contributed by atoms with E-state index in [4.69, 9.17) is 31.5 Å². The quantitative estimate of drug-likeness (QED) is 0.521. The van der Waals surface area contributed by atoms with Crippen LogP contribution in [0.15, 0.2) is 23.1 Å². The summed E-state index contributed by atoms with van der Waals surface area (Å²) in [6, 6.07) is 5.07. The van der Waals surface area contributed by atoms with Crippen molar-refractivity contribution in [1.82, 2.24) is 10.0 Å². The Hall–Kier alpha value is -2.14. The molecule has 0 radical (unpaired) electrons. The van der Waals surface area contributed by atoms with Crippen LogP contribution in [0.1, 0.15) is 12.5 Å². The number of benzene rings is 1. The summed E-state index contributed by atoms with van der Waals surface area (Å²) in [6.07, 6.45) is 1.74. The molecule has 8 nitrogen and oxygen atoms in total. The van der Waals surface area contributed by atoms with E-state index in [1.807, 2.05) is 11.9 Å². The Balaban J connectivity index is 1.80. The molecule has 1 amide bonds. The van der Waals surface area contributed by atoms with Gasteiger partial charge in [0.2, 0.25) is 0 Å². The number of hydrazine groups is 1. The van der Waals surface area contributed by atoms with E-state index in [1.165, 1.54) is 16.8 Å². The maximum absolute atomic E-state index is 12.8. The molecule has 2 fully saturated rings. The molecule has 28 heavy (non-hydrogen) atoms. The number of carbonyl (C=O) groups is 2. The molecule has 1 aromatic carbocycles. The Bertz CT molecular complexity index is 807. The molecule has 0 spiro atoms. The van der Waals surface area contributed by atoms with Crippen LogP contribution in [0.5, 0.6) is 11.5 Å². The van der Waals surface area contributed by atoms with E-state index < -0.39 is 12.6 Å². The molecule has 2 aliphatic rings. The number of hydrogen-bond acceptors (Lipinski definition) is 8. The van der Waals surface area contributed by atoms with Crippen molar-refractivity contribution in [2.24, 2.45) is 0 Å². The number of thioether (sulfide) groups is 1. The molecule has 2 aliphatic heterocycles. The first-order valence-corrected chi connectivity index (χ1v) is 9.94. The highest BCUT2D eigenvalue weighted by Gasteiger charge is 2.36. The average molecular weight is 425 g/mol. The van der Waals surface area contributed by atoms with Crippen LogP contribution in [0.2, 0.25) is 0 Å². The number of aliphatic carboxylic acids is 1. The highest BCUT2D eigenvalue weighted by atomic mass is 32.2. The fraction of sp³-hybridized carbons (Fsp3) is 0.389. The topological polar surface area (TPSA) is 88.5 Å². The van der Waals surface area contributed by atoms with Crippen LogP contribution in [0, 0.1) is 0 Å². The van der Waals surface area contributed by atoms with Crippen molar-refractivity contribution >= 4 is 46.3 Å². The van der Waals surface area contributed by atoms with Crippen LogP contribution in [-0.2, 0) is 14.3 Å². The minimum absolute atomic E-state index is 0.166. The van der Waals surface area contributed by atoms with E-state index in [-0.39, 0.29) is 5.91 Å². The SMILES string of the molecule is CCOc1cc(/C=C2/SC(=S)N(N3CCOCC3)C2=O)ccc1OCC(=O)O. The minimum Gasteiger partial charge on any atom is -0.490 e. The lowest BCUT2D eigenvalue weighted by molar-refractivity contribution is -0.139. The third-order valence-electron chi connectivity index (χ3n) is 3.96. The number of hydrogen-bond donors (Lipinski definition) is 1. The van der Waals surface area contributed by atoms with Gasteiger partial charge in [0, 0.05) is 13.1 Å². The number of amides is 1. The van der Waals surface area contributed by atoms with E-state index in [0.29, 0.717) is 53.6 Å². The zero-order valence-electron chi connectivity index (χ0n) is 15.3. The molecule has 150 valence electrons. The molecule has 10 heteroatoms. The molecule has 0 unspecified atom stereocenters. The lowest BCUT2D eigenvalue weighted by atomic mass is 10.2. The molecule has 3 rings (SSSR count). The lowest BCUT2D eigenvalue weighted by Crippen LogP contribution is -2.50. The smallest absolute Gasteiger partial charge is 0.341 e. The Labute approximate surface area is 172 Å². The van der Waals surface area contributed by atoms with Crippen molar-refractivity contribution in [3.63, 3.8) is 0 Å². The summed E-state index contributed by atoms with van der Waals surface area (Å²) in [6.45, 7) is 4.11. The largest absolute Gasteiger partial charge is 0.490 e. The first-order chi connectivity index (χ1) is 13.5. The predicted octanol–water partition coefficient (Wildman–Crippen LogP) is 2.00. The fourth-order valence-electron chi connectivity index (χ4n) is 2.75. The normalized spacial score (nSPS) is 19.3. The van der Waals surface area contributed by atoms with Crippen LogP contribution in [0.3, 0.4) is 0 Å². The van der Waals surface area contributed by atoms with Gasteiger partial charge < -0.3 is 19.3 Å².